The van der Waals surface area contributed by atoms with Gasteiger partial charge in [-0.25, -0.2) is 32.4 Å². The molecule has 0 saturated carbocycles. The van der Waals surface area contributed by atoms with E-state index in [1.807, 2.05) is 17.0 Å². The summed E-state index contributed by atoms with van der Waals surface area (Å²) in [5, 5.41) is 13.1. The minimum atomic E-state index is -2.59. The van der Waals surface area contributed by atoms with Crippen molar-refractivity contribution in [1.82, 2.24) is 20.2 Å². The second kappa shape index (κ2) is 12.2. The van der Waals surface area contributed by atoms with Crippen LogP contribution in [0, 0.1) is 35.4 Å². The Hall–Kier alpha value is -4.34. The zero-order chi connectivity index (χ0) is 35.1. The molecule has 0 unspecified atom stereocenters. The van der Waals surface area contributed by atoms with Gasteiger partial charge in [0.1, 0.15) is 29.9 Å². The van der Waals surface area contributed by atoms with Gasteiger partial charge in [0.05, 0.1) is 23.4 Å². The molecule has 262 valence electrons. The van der Waals surface area contributed by atoms with Gasteiger partial charge in [0.25, 0.3) is 0 Å². The van der Waals surface area contributed by atoms with Gasteiger partial charge in [-0.15, -0.1) is 6.42 Å². The monoisotopic (exact) mass is 691 g/mol. The van der Waals surface area contributed by atoms with Crippen LogP contribution in [0.3, 0.4) is 0 Å². The molecule has 3 fully saturated rings. The number of hydrogen-bond donors (Lipinski definition) is 2. The van der Waals surface area contributed by atoms with Crippen LogP contribution >= 0.6 is 0 Å². The molecule has 1 aliphatic carbocycles. The lowest BCUT2D eigenvalue weighted by atomic mass is 9.73. The number of alkyl halides is 2. The number of hydrazine groups is 1. The summed E-state index contributed by atoms with van der Waals surface area (Å²) in [4.78, 5) is 8.41. The number of allylic oxidation sites excluding steroid dienone is 6. The van der Waals surface area contributed by atoms with Crippen LogP contribution < -0.4 is 5.43 Å². The molecule has 6 heterocycles. The highest BCUT2D eigenvalue weighted by molar-refractivity contribution is 6.05. The normalized spacial score (nSPS) is 28.3. The number of likely N-dealkylation sites (tertiary alicyclic amines) is 1. The average molecular weight is 692 g/mol. The van der Waals surface area contributed by atoms with Crippen LogP contribution in [0.4, 0.5) is 22.0 Å². The van der Waals surface area contributed by atoms with Crippen molar-refractivity contribution in [3.05, 3.63) is 81.8 Å². The molecule has 3 saturated heterocycles. The SMILES string of the molecule is C#Cc1c(F)ccc2cc(O)cc(C3=C(F)C=C(OC[C@]4(C)CN(C)CC[C@@H]4C(F)F)N4C5=NCN6N[C@H]7CCC6=C5[C@H]7CCCC4=C3F)c12. The third kappa shape index (κ3) is 5.11. The molecule has 2 aromatic rings. The zero-order valence-electron chi connectivity index (χ0n) is 27.9. The molecule has 7 aliphatic rings. The zero-order valence-corrected chi connectivity index (χ0v) is 27.9. The van der Waals surface area contributed by atoms with Gasteiger partial charge in [-0.05, 0) is 75.7 Å². The second-order valence-electron chi connectivity index (χ2n) is 14.6. The maximum Gasteiger partial charge on any atom is 0.242 e. The number of halogens is 5. The van der Waals surface area contributed by atoms with Gasteiger partial charge < -0.3 is 14.7 Å². The average Bonchev–Trinajstić information content (AvgIpc) is 3.16. The van der Waals surface area contributed by atoms with E-state index in [4.69, 9.17) is 16.2 Å². The fraction of sp³-hybridized carbons (Fsp3) is 0.447. The molecule has 4 bridgehead atoms. The Bertz CT molecular complexity index is 2000. The number of nitrogens with one attached hydrogen (secondary N) is 1. The molecule has 0 radical (unpaired) electrons. The maximum atomic E-state index is 17.5. The number of ether oxygens (including phenoxy) is 1. The minimum Gasteiger partial charge on any atom is -0.508 e. The van der Waals surface area contributed by atoms with E-state index in [1.54, 1.807) is 6.92 Å². The molecule has 50 heavy (non-hydrogen) atoms. The van der Waals surface area contributed by atoms with Gasteiger partial charge in [0.2, 0.25) is 12.3 Å². The summed E-state index contributed by atoms with van der Waals surface area (Å²) >= 11 is 0. The summed E-state index contributed by atoms with van der Waals surface area (Å²) in [6.07, 6.45) is 7.67. The highest BCUT2D eigenvalue weighted by Crippen LogP contribution is 2.49. The number of piperidine rings is 1. The van der Waals surface area contributed by atoms with Gasteiger partial charge in [-0.1, -0.05) is 18.9 Å². The molecule has 0 aromatic heterocycles. The van der Waals surface area contributed by atoms with Crippen molar-refractivity contribution >= 4 is 22.2 Å². The number of nitrogens with zero attached hydrogens (tertiary/aromatic N) is 4. The molecule has 9 rings (SSSR count). The fourth-order valence-electron chi connectivity index (χ4n) is 9.06. The van der Waals surface area contributed by atoms with E-state index >= 15 is 13.2 Å². The molecule has 4 atom stereocenters. The van der Waals surface area contributed by atoms with Crippen molar-refractivity contribution in [2.24, 2.45) is 22.2 Å². The number of hydrogen-bond acceptors (Lipinski definition) is 7. The molecular formula is C38H38F5N5O2. The van der Waals surface area contributed by atoms with E-state index < -0.39 is 40.8 Å². The van der Waals surface area contributed by atoms with Gasteiger partial charge >= 0.3 is 0 Å². The Morgan fingerprint density at radius 2 is 1.96 bits per heavy atom. The molecular weight excluding hydrogens is 653 g/mol. The van der Waals surface area contributed by atoms with E-state index in [-0.39, 0.29) is 71.9 Å². The number of phenols is 1. The number of rotatable bonds is 5. The quantitative estimate of drug-likeness (QED) is 0.253. The predicted molar refractivity (Wildman–Crippen MR) is 180 cm³/mol. The second-order valence-corrected chi connectivity index (χ2v) is 14.6. The van der Waals surface area contributed by atoms with Crippen molar-refractivity contribution in [3.8, 4) is 18.1 Å². The topological polar surface area (TPSA) is 63.6 Å². The smallest absolute Gasteiger partial charge is 0.242 e. The minimum absolute atomic E-state index is 0.0743. The summed E-state index contributed by atoms with van der Waals surface area (Å²) in [7, 11) is 1.86. The van der Waals surface area contributed by atoms with Crippen LogP contribution in [-0.2, 0) is 4.74 Å². The number of aromatic hydroxyl groups is 1. The third-order valence-corrected chi connectivity index (χ3v) is 11.4. The number of phenolic OH excluding ortho intramolecular Hbond substituents is 1. The maximum absolute atomic E-state index is 17.5. The number of amidine groups is 1. The lowest BCUT2D eigenvalue weighted by molar-refractivity contribution is -0.0812. The molecule has 0 spiro atoms. The van der Waals surface area contributed by atoms with Crippen molar-refractivity contribution in [2.75, 3.05) is 33.4 Å². The Morgan fingerprint density at radius 1 is 1.14 bits per heavy atom. The van der Waals surface area contributed by atoms with E-state index in [1.165, 1.54) is 23.1 Å². The van der Waals surface area contributed by atoms with Crippen LogP contribution in [0.5, 0.6) is 5.75 Å². The summed E-state index contributed by atoms with van der Waals surface area (Å²) in [6.45, 7) is 2.64. The van der Waals surface area contributed by atoms with Crippen LogP contribution in [-0.4, -0.2) is 71.6 Å². The standard InChI is InChI=1S/C38H38F5N5O2/c1-4-22-26(39)9-8-20-14-21(49)15-24(32(20)22)33-27(40)16-31(50-18-38(2)17-46(3)13-12-25(38)36(42)43)48-30(35(33)41)7-5-6-23-28-10-11-29-34(23)37(48)44-19-47(29)45-28/h1,8-9,14-16,23,25,28,36,45,49H,5-7,10-13,17-19H2,2-3H3/t23-,25+,28-,38-/m0/s1. The predicted octanol–water partition coefficient (Wildman–Crippen LogP) is 7.33. The molecule has 6 aliphatic heterocycles. The number of terminal acetylenes is 1. The molecule has 12 heteroatoms. The third-order valence-electron chi connectivity index (χ3n) is 11.4. The first-order valence-corrected chi connectivity index (χ1v) is 17.1. The fourth-order valence-corrected chi connectivity index (χ4v) is 9.06. The number of aliphatic imine (C=N–C) groups is 1. The van der Waals surface area contributed by atoms with E-state index in [0.29, 0.717) is 30.7 Å². The Morgan fingerprint density at radius 3 is 2.74 bits per heavy atom. The van der Waals surface area contributed by atoms with Crippen molar-refractivity contribution in [2.45, 2.75) is 57.9 Å². The molecule has 7 nitrogen and oxygen atoms in total. The van der Waals surface area contributed by atoms with Crippen molar-refractivity contribution in [1.29, 1.82) is 0 Å². The van der Waals surface area contributed by atoms with E-state index in [9.17, 15) is 13.9 Å². The van der Waals surface area contributed by atoms with Crippen LogP contribution in [0.2, 0.25) is 0 Å². The van der Waals surface area contributed by atoms with Crippen molar-refractivity contribution < 1.29 is 31.8 Å². The highest BCUT2D eigenvalue weighted by Gasteiger charge is 2.49. The van der Waals surface area contributed by atoms with Crippen LogP contribution in [0.1, 0.15) is 56.6 Å². The van der Waals surface area contributed by atoms with Crippen molar-refractivity contribution in [3.63, 3.8) is 0 Å². The summed E-state index contributed by atoms with van der Waals surface area (Å²) < 4.78 is 84.9. The highest BCUT2D eigenvalue weighted by atomic mass is 19.3. The van der Waals surface area contributed by atoms with E-state index in [2.05, 4.69) is 11.3 Å². The number of fused-ring (bicyclic) bond motifs is 4. The largest absolute Gasteiger partial charge is 0.508 e. The van der Waals surface area contributed by atoms with Crippen LogP contribution in [0.15, 0.2) is 69.8 Å². The Labute approximate surface area is 287 Å². The first-order chi connectivity index (χ1) is 24.0. The van der Waals surface area contributed by atoms with Gasteiger partial charge in [-0.3, -0.25) is 9.91 Å². The summed E-state index contributed by atoms with van der Waals surface area (Å²) in [6, 6.07) is 5.24. The lowest BCUT2D eigenvalue weighted by Gasteiger charge is -2.52. The van der Waals surface area contributed by atoms with Gasteiger partial charge in [0, 0.05) is 58.1 Å². The van der Waals surface area contributed by atoms with Gasteiger partial charge in [0.15, 0.2) is 5.83 Å². The summed E-state index contributed by atoms with van der Waals surface area (Å²) in [5.74, 6) is -1.20. The molecule has 0 amide bonds. The summed E-state index contributed by atoms with van der Waals surface area (Å²) in [5.41, 5.74) is 3.80. The molecule has 2 aromatic carbocycles. The first kappa shape index (κ1) is 32.8. The van der Waals surface area contributed by atoms with Crippen LogP contribution in [0.25, 0.3) is 16.3 Å². The Kier molecular flexibility index (Phi) is 7.99. The first-order valence-electron chi connectivity index (χ1n) is 17.1. The lowest BCUT2D eigenvalue weighted by Crippen LogP contribution is -2.60. The number of benzene rings is 2. The van der Waals surface area contributed by atoms with Gasteiger partial charge in [-0.2, -0.15) is 0 Å². The Balaban J connectivity index is 1.34. The van der Waals surface area contributed by atoms with E-state index in [0.717, 1.165) is 42.7 Å². The molecule has 2 N–H and O–H groups in total.